The standard InChI is InChI=1S/C20H30N2O3/c1-4-6-19(23)21-11-5-12-22(14-13-21)20(24)15-17-7-9-18(10-8-17)25-16(2)3/h7-10,16H,4-6,11-15H2,1-3H3. The van der Waals surface area contributed by atoms with Gasteiger partial charge in [0.25, 0.3) is 0 Å². The van der Waals surface area contributed by atoms with Gasteiger partial charge in [-0.2, -0.15) is 0 Å². The quantitative estimate of drug-likeness (QED) is 0.796. The van der Waals surface area contributed by atoms with E-state index in [2.05, 4.69) is 0 Å². The number of nitrogens with zero attached hydrogens (tertiary/aromatic N) is 2. The highest BCUT2D eigenvalue weighted by Crippen LogP contribution is 2.15. The Balaban J connectivity index is 1.87. The highest BCUT2D eigenvalue weighted by Gasteiger charge is 2.21. The molecule has 25 heavy (non-hydrogen) atoms. The molecule has 1 aromatic carbocycles. The molecule has 0 atom stereocenters. The van der Waals surface area contributed by atoms with Crippen LogP contribution in [0, 0.1) is 0 Å². The Hall–Kier alpha value is -2.04. The maximum absolute atomic E-state index is 12.6. The summed E-state index contributed by atoms with van der Waals surface area (Å²) in [6, 6.07) is 7.72. The molecule has 1 aromatic rings. The average molecular weight is 346 g/mol. The topological polar surface area (TPSA) is 49.9 Å². The van der Waals surface area contributed by atoms with E-state index in [1.807, 2.05) is 54.8 Å². The Labute approximate surface area is 150 Å². The molecule has 1 fully saturated rings. The van der Waals surface area contributed by atoms with Crippen molar-refractivity contribution in [2.24, 2.45) is 0 Å². The molecule has 0 aliphatic carbocycles. The van der Waals surface area contributed by atoms with Crippen molar-refractivity contribution < 1.29 is 14.3 Å². The smallest absolute Gasteiger partial charge is 0.227 e. The molecule has 1 heterocycles. The first-order valence-electron chi connectivity index (χ1n) is 9.30. The maximum Gasteiger partial charge on any atom is 0.227 e. The SMILES string of the molecule is CCCC(=O)N1CCCN(C(=O)Cc2ccc(OC(C)C)cc2)CC1. The largest absolute Gasteiger partial charge is 0.491 e. The highest BCUT2D eigenvalue weighted by atomic mass is 16.5. The number of hydrogen-bond acceptors (Lipinski definition) is 3. The van der Waals surface area contributed by atoms with Gasteiger partial charge in [0.15, 0.2) is 0 Å². The van der Waals surface area contributed by atoms with Crippen LogP contribution in [0.2, 0.25) is 0 Å². The first-order chi connectivity index (χ1) is 12.0. The molecule has 5 heteroatoms. The lowest BCUT2D eigenvalue weighted by Gasteiger charge is -2.22. The van der Waals surface area contributed by atoms with E-state index in [0.29, 0.717) is 25.9 Å². The number of benzene rings is 1. The van der Waals surface area contributed by atoms with Crippen LogP contribution in [0.15, 0.2) is 24.3 Å². The summed E-state index contributed by atoms with van der Waals surface area (Å²) in [4.78, 5) is 28.4. The molecule has 1 saturated heterocycles. The monoisotopic (exact) mass is 346 g/mol. The van der Waals surface area contributed by atoms with E-state index in [-0.39, 0.29) is 17.9 Å². The Kier molecular flexibility index (Phi) is 7.29. The molecular weight excluding hydrogens is 316 g/mol. The zero-order chi connectivity index (χ0) is 18.2. The highest BCUT2D eigenvalue weighted by molar-refractivity contribution is 5.79. The summed E-state index contributed by atoms with van der Waals surface area (Å²) in [5, 5.41) is 0. The molecule has 1 aliphatic rings. The summed E-state index contributed by atoms with van der Waals surface area (Å²) in [5.41, 5.74) is 0.990. The van der Waals surface area contributed by atoms with Crippen molar-refractivity contribution in [1.82, 2.24) is 9.80 Å². The van der Waals surface area contributed by atoms with Crippen LogP contribution in [0.5, 0.6) is 5.75 Å². The lowest BCUT2D eigenvalue weighted by Crippen LogP contribution is -2.37. The number of carbonyl (C=O) groups excluding carboxylic acids is 2. The molecule has 0 spiro atoms. The zero-order valence-corrected chi connectivity index (χ0v) is 15.7. The molecular formula is C20H30N2O3. The second-order valence-corrected chi connectivity index (χ2v) is 6.85. The number of amides is 2. The van der Waals surface area contributed by atoms with Gasteiger partial charge in [0.2, 0.25) is 11.8 Å². The zero-order valence-electron chi connectivity index (χ0n) is 15.7. The van der Waals surface area contributed by atoms with Crippen molar-refractivity contribution in [3.63, 3.8) is 0 Å². The van der Waals surface area contributed by atoms with E-state index in [1.165, 1.54) is 0 Å². The lowest BCUT2D eigenvalue weighted by atomic mass is 10.1. The summed E-state index contributed by atoms with van der Waals surface area (Å²) >= 11 is 0. The van der Waals surface area contributed by atoms with Gasteiger partial charge in [0, 0.05) is 32.6 Å². The van der Waals surface area contributed by atoms with Gasteiger partial charge in [-0.15, -0.1) is 0 Å². The van der Waals surface area contributed by atoms with Gasteiger partial charge in [-0.1, -0.05) is 19.1 Å². The van der Waals surface area contributed by atoms with Crippen LogP contribution in [0.25, 0.3) is 0 Å². The van der Waals surface area contributed by atoms with Crippen molar-refractivity contribution in [3.05, 3.63) is 29.8 Å². The van der Waals surface area contributed by atoms with Crippen LogP contribution >= 0.6 is 0 Å². The molecule has 0 unspecified atom stereocenters. The fourth-order valence-electron chi connectivity index (χ4n) is 3.03. The van der Waals surface area contributed by atoms with Crippen molar-refractivity contribution >= 4 is 11.8 Å². The van der Waals surface area contributed by atoms with Gasteiger partial charge < -0.3 is 14.5 Å². The molecule has 0 radical (unpaired) electrons. The van der Waals surface area contributed by atoms with E-state index in [1.54, 1.807) is 0 Å². The van der Waals surface area contributed by atoms with Crippen LogP contribution in [0.4, 0.5) is 0 Å². The van der Waals surface area contributed by atoms with Crippen molar-refractivity contribution in [2.75, 3.05) is 26.2 Å². The fraction of sp³-hybridized carbons (Fsp3) is 0.600. The van der Waals surface area contributed by atoms with Gasteiger partial charge in [-0.3, -0.25) is 9.59 Å². The van der Waals surface area contributed by atoms with Gasteiger partial charge in [-0.05, 0) is 44.4 Å². The molecule has 0 aromatic heterocycles. The van der Waals surface area contributed by atoms with E-state index in [0.717, 1.165) is 37.2 Å². The molecule has 2 amide bonds. The third-order valence-electron chi connectivity index (χ3n) is 4.32. The Bertz CT molecular complexity index is 569. The van der Waals surface area contributed by atoms with Gasteiger partial charge in [0.1, 0.15) is 5.75 Å². The summed E-state index contributed by atoms with van der Waals surface area (Å²) in [6.07, 6.45) is 2.85. The Morgan fingerprint density at radius 1 is 1.00 bits per heavy atom. The summed E-state index contributed by atoms with van der Waals surface area (Å²) in [5.74, 6) is 1.16. The van der Waals surface area contributed by atoms with Gasteiger partial charge in [0.05, 0.1) is 12.5 Å². The summed E-state index contributed by atoms with van der Waals surface area (Å²) in [6.45, 7) is 8.75. The molecule has 0 saturated carbocycles. The minimum Gasteiger partial charge on any atom is -0.491 e. The third-order valence-corrected chi connectivity index (χ3v) is 4.32. The number of carbonyl (C=O) groups is 2. The minimum absolute atomic E-state index is 0.127. The average Bonchev–Trinajstić information content (AvgIpc) is 2.82. The fourth-order valence-corrected chi connectivity index (χ4v) is 3.03. The lowest BCUT2D eigenvalue weighted by molar-refractivity contribution is -0.133. The Morgan fingerprint density at radius 3 is 2.16 bits per heavy atom. The number of ether oxygens (including phenoxy) is 1. The van der Waals surface area contributed by atoms with E-state index in [9.17, 15) is 9.59 Å². The van der Waals surface area contributed by atoms with Crippen LogP contribution < -0.4 is 4.74 Å². The molecule has 0 N–H and O–H groups in total. The van der Waals surface area contributed by atoms with Crippen molar-refractivity contribution in [2.45, 2.75) is 52.6 Å². The second-order valence-electron chi connectivity index (χ2n) is 6.85. The van der Waals surface area contributed by atoms with E-state index >= 15 is 0 Å². The number of rotatable bonds is 6. The molecule has 1 aliphatic heterocycles. The summed E-state index contributed by atoms with van der Waals surface area (Å²) in [7, 11) is 0. The molecule has 2 rings (SSSR count). The van der Waals surface area contributed by atoms with Crippen molar-refractivity contribution in [3.8, 4) is 5.75 Å². The first-order valence-corrected chi connectivity index (χ1v) is 9.30. The van der Waals surface area contributed by atoms with Crippen LogP contribution in [-0.4, -0.2) is 53.9 Å². The third kappa shape index (κ3) is 6.07. The minimum atomic E-state index is 0.127. The molecule has 138 valence electrons. The Morgan fingerprint density at radius 2 is 1.60 bits per heavy atom. The second kappa shape index (κ2) is 9.44. The van der Waals surface area contributed by atoms with E-state index < -0.39 is 0 Å². The van der Waals surface area contributed by atoms with Crippen molar-refractivity contribution in [1.29, 1.82) is 0 Å². The van der Waals surface area contributed by atoms with Crippen LogP contribution in [-0.2, 0) is 16.0 Å². The van der Waals surface area contributed by atoms with Crippen LogP contribution in [0.3, 0.4) is 0 Å². The molecule has 0 bridgehead atoms. The first kappa shape index (κ1) is 19.3. The predicted molar refractivity (Wildman–Crippen MR) is 98.6 cm³/mol. The molecule has 5 nitrogen and oxygen atoms in total. The van der Waals surface area contributed by atoms with E-state index in [4.69, 9.17) is 4.74 Å². The van der Waals surface area contributed by atoms with Gasteiger partial charge in [-0.25, -0.2) is 0 Å². The van der Waals surface area contributed by atoms with Gasteiger partial charge >= 0.3 is 0 Å². The summed E-state index contributed by atoms with van der Waals surface area (Å²) < 4.78 is 5.63. The normalized spacial score (nSPS) is 15.2. The number of hydrogen-bond donors (Lipinski definition) is 0. The predicted octanol–water partition coefficient (Wildman–Crippen LogP) is 2.88. The maximum atomic E-state index is 12.6. The van der Waals surface area contributed by atoms with Crippen LogP contribution in [0.1, 0.15) is 45.6 Å².